The van der Waals surface area contributed by atoms with Crippen LogP contribution in [0.1, 0.15) is 5.56 Å². The molecule has 0 unspecified atom stereocenters. The topological polar surface area (TPSA) is 93.3 Å². The summed E-state index contributed by atoms with van der Waals surface area (Å²) in [5.74, 6) is -0.0756. The third kappa shape index (κ3) is 4.29. The van der Waals surface area contributed by atoms with Crippen molar-refractivity contribution in [2.24, 2.45) is 0 Å². The van der Waals surface area contributed by atoms with Gasteiger partial charge in [-0.25, -0.2) is 4.39 Å². The lowest BCUT2D eigenvalue weighted by Crippen LogP contribution is -2.18. The largest absolute Gasteiger partial charge is 0.461 e. The maximum Gasteiger partial charge on any atom is 0.286 e. The molecule has 0 aliphatic carbocycles. The predicted octanol–water partition coefficient (Wildman–Crippen LogP) is 3.59. The SMILES string of the molecule is CN(C)c1ccc(CNc2nc(-c3ccco3)nn2S(=O)(=O)c2ccc(F)cc2)cc1. The Balaban J connectivity index is 1.68. The van der Waals surface area contributed by atoms with E-state index in [0.29, 0.717) is 12.3 Å². The second-order valence-electron chi connectivity index (χ2n) is 6.95. The van der Waals surface area contributed by atoms with Gasteiger partial charge < -0.3 is 14.6 Å². The summed E-state index contributed by atoms with van der Waals surface area (Å²) in [5, 5.41) is 7.16. The molecule has 4 aromatic rings. The second kappa shape index (κ2) is 8.23. The molecule has 0 spiro atoms. The Bertz CT molecular complexity index is 1270. The molecule has 1 N–H and O–H groups in total. The van der Waals surface area contributed by atoms with Gasteiger partial charge >= 0.3 is 0 Å². The van der Waals surface area contributed by atoms with Gasteiger partial charge in [-0.15, -0.1) is 9.19 Å². The molecule has 2 aromatic heterocycles. The molecule has 4 rings (SSSR count). The number of aromatic nitrogens is 3. The Morgan fingerprint density at radius 3 is 2.39 bits per heavy atom. The quantitative estimate of drug-likeness (QED) is 0.468. The van der Waals surface area contributed by atoms with Gasteiger partial charge in [0.2, 0.25) is 11.8 Å². The first-order valence-corrected chi connectivity index (χ1v) is 10.8. The van der Waals surface area contributed by atoms with Crippen LogP contribution in [0.5, 0.6) is 0 Å². The molecule has 0 saturated heterocycles. The van der Waals surface area contributed by atoms with E-state index >= 15 is 0 Å². The van der Waals surface area contributed by atoms with Crippen LogP contribution in [0.2, 0.25) is 0 Å². The molecule has 2 heterocycles. The summed E-state index contributed by atoms with van der Waals surface area (Å²) in [6.45, 7) is 0.322. The summed E-state index contributed by atoms with van der Waals surface area (Å²) in [6, 6.07) is 15.6. The zero-order chi connectivity index (χ0) is 22.0. The van der Waals surface area contributed by atoms with E-state index < -0.39 is 15.8 Å². The van der Waals surface area contributed by atoms with Gasteiger partial charge in [-0.1, -0.05) is 12.1 Å². The first kappa shape index (κ1) is 20.6. The summed E-state index contributed by atoms with van der Waals surface area (Å²) >= 11 is 0. The van der Waals surface area contributed by atoms with Gasteiger partial charge in [0.05, 0.1) is 11.2 Å². The van der Waals surface area contributed by atoms with Crippen molar-refractivity contribution in [3.05, 3.63) is 78.3 Å². The highest BCUT2D eigenvalue weighted by atomic mass is 32.2. The molecular weight excluding hydrogens is 421 g/mol. The van der Waals surface area contributed by atoms with Crippen LogP contribution in [0.15, 0.2) is 76.2 Å². The minimum atomic E-state index is -4.11. The minimum absolute atomic E-state index is 0.0208. The molecule has 0 atom stereocenters. The maximum atomic E-state index is 13.3. The highest BCUT2D eigenvalue weighted by molar-refractivity contribution is 7.90. The molecule has 2 aromatic carbocycles. The fraction of sp³-hybridized carbons (Fsp3) is 0.143. The lowest BCUT2D eigenvalue weighted by Gasteiger charge is -2.13. The summed E-state index contributed by atoms with van der Waals surface area (Å²) in [7, 11) is -0.212. The molecule has 0 bridgehead atoms. The average Bonchev–Trinajstić information content (AvgIpc) is 3.43. The Morgan fingerprint density at radius 1 is 1.06 bits per heavy atom. The summed E-state index contributed by atoms with van der Waals surface area (Å²) in [6.07, 6.45) is 1.45. The van der Waals surface area contributed by atoms with Gasteiger partial charge in [-0.05, 0) is 54.1 Å². The van der Waals surface area contributed by atoms with Crippen LogP contribution in [-0.2, 0) is 16.6 Å². The lowest BCUT2D eigenvalue weighted by molar-refractivity contribution is 0.573. The van der Waals surface area contributed by atoms with Crippen LogP contribution >= 0.6 is 0 Å². The molecule has 0 amide bonds. The van der Waals surface area contributed by atoms with Gasteiger partial charge in [0, 0.05) is 26.3 Å². The van der Waals surface area contributed by atoms with Crippen LogP contribution in [0.3, 0.4) is 0 Å². The third-order valence-corrected chi connectivity index (χ3v) is 6.14. The first-order valence-electron chi connectivity index (χ1n) is 9.37. The van der Waals surface area contributed by atoms with E-state index in [0.717, 1.165) is 27.5 Å². The van der Waals surface area contributed by atoms with Crippen molar-refractivity contribution in [2.75, 3.05) is 24.3 Å². The standard InChI is InChI=1S/C21H20FN5O3S/c1-26(2)17-9-5-15(6-10-17)14-23-21-24-20(19-4-3-13-30-19)25-27(21)31(28,29)18-11-7-16(22)8-12-18/h3-13H,14H2,1-2H3,(H,23,24,25). The number of nitrogens with zero attached hydrogens (tertiary/aromatic N) is 4. The number of rotatable bonds is 7. The monoisotopic (exact) mass is 441 g/mol. The van der Waals surface area contributed by atoms with E-state index in [1.54, 1.807) is 12.1 Å². The van der Waals surface area contributed by atoms with Crippen LogP contribution in [0, 0.1) is 5.82 Å². The molecule has 31 heavy (non-hydrogen) atoms. The molecule has 10 heteroatoms. The van der Waals surface area contributed by atoms with Crippen molar-refractivity contribution < 1.29 is 17.2 Å². The molecule has 0 saturated carbocycles. The number of nitrogens with one attached hydrogen (secondary N) is 1. The Labute approximate surface area is 179 Å². The van der Waals surface area contributed by atoms with Crippen molar-refractivity contribution in [1.82, 2.24) is 14.2 Å². The fourth-order valence-corrected chi connectivity index (χ4v) is 4.08. The van der Waals surface area contributed by atoms with Gasteiger partial charge in [0.1, 0.15) is 5.82 Å². The molecule has 0 fully saturated rings. The third-order valence-electron chi connectivity index (χ3n) is 4.56. The molecule has 8 nitrogen and oxygen atoms in total. The fourth-order valence-electron chi connectivity index (χ4n) is 2.88. The highest BCUT2D eigenvalue weighted by Crippen LogP contribution is 2.23. The van der Waals surface area contributed by atoms with Crippen LogP contribution in [0.4, 0.5) is 16.0 Å². The van der Waals surface area contributed by atoms with E-state index in [1.807, 2.05) is 43.3 Å². The zero-order valence-corrected chi connectivity index (χ0v) is 17.7. The zero-order valence-electron chi connectivity index (χ0n) is 16.9. The number of halogens is 1. The smallest absolute Gasteiger partial charge is 0.286 e. The van der Waals surface area contributed by atoms with Gasteiger partial charge in [0.25, 0.3) is 10.0 Å². The molecular formula is C21H20FN5O3S. The molecule has 160 valence electrons. The van der Waals surface area contributed by atoms with Gasteiger partial charge in [-0.3, -0.25) is 0 Å². The molecule has 0 radical (unpaired) electrons. The van der Waals surface area contributed by atoms with E-state index in [2.05, 4.69) is 15.4 Å². The molecule has 0 aliphatic rings. The number of hydrogen-bond acceptors (Lipinski definition) is 7. The normalized spacial score (nSPS) is 11.5. The lowest BCUT2D eigenvalue weighted by atomic mass is 10.2. The predicted molar refractivity (Wildman–Crippen MR) is 115 cm³/mol. The van der Waals surface area contributed by atoms with E-state index in [9.17, 15) is 12.8 Å². The van der Waals surface area contributed by atoms with Gasteiger partial charge in [-0.2, -0.15) is 13.4 Å². The summed E-state index contributed by atoms with van der Waals surface area (Å²) in [4.78, 5) is 6.19. The van der Waals surface area contributed by atoms with E-state index in [-0.39, 0.29) is 16.7 Å². The number of furan rings is 1. The number of benzene rings is 2. The Morgan fingerprint density at radius 2 is 1.77 bits per heavy atom. The second-order valence-corrected chi connectivity index (χ2v) is 8.72. The van der Waals surface area contributed by atoms with Crippen molar-refractivity contribution in [3.63, 3.8) is 0 Å². The van der Waals surface area contributed by atoms with Crippen LogP contribution < -0.4 is 10.2 Å². The van der Waals surface area contributed by atoms with Gasteiger partial charge in [0.15, 0.2) is 5.76 Å². The number of hydrogen-bond donors (Lipinski definition) is 1. The van der Waals surface area contributed by atoms with Crippen molar-refractivity contribution >= 4 is 21.7 Å². The van der Waals surface area contributed by atoms with Crippen LogP contribution in [-0.4, -0.2) is 36.7 Å². The maximum absolute atomic E-state index is 13.3. The molecule has 0 aliphatic heterocycles. The van der Waals surface area contributed by atoms with Crippen molar-refractivity contribution in [1.29, 1.82) is 0 Å². The number of anilines is 2. The van der Waals surface area contributed by atoms with Crippen LogP contribution in [0.25, 0.3) is 11.6 Å². The Kier molecular flexibility index (Phi) is 5.47. The van der Waals surface area contributed by atoms with Crippen molar-refractivity contribution in [3.8, 4) is 11.6 Å². The Hall–Kier alpha value is -3.66. The first-order chi connectivity index (χ1) is 14.8. The summed E-state index contributed by atoms with van der Waals surface area (Å²) < 4.78 is 45.7. The van der Waals surface area contributed by atoms with E-state index in [1.165, 1.54) is 18.4 Å². The van der Waals surface area contributed by atoms with Crippen molar-refractivity contribution in [2.45, 2.75) is 11.4 Å². The van der Waals surface area contributed by atoms with E-state index in [4.69, 9.17) is 4.42 Å². The summed E-state index contributed by atoms with van der Waals surface area (Å²) in [5.41, 5.74) is 1.98. The highest BCUT2D eigenvalue weighted by Gasteiger charge is 2.25. The average molecular weight is 441 g/mol. The minimum Gasteiger partial charge on any atom is -0.461 e.